The molecular weight excluding hydrogens is 516 g/mol. The molecule has 0 atom stereocenters. The Hall–Kier alpha value is -2.96. The zero-order valence-electron chi connectivity index (χ0n) is 16.1. The Labute approximate surface area is 196 Å². The number of pyridine rings is 2. The molecule has 0 fully saturated rings. The van der Waals surface area contributed by atoms with Gasteiger partial charge < -0.3 is 0 Å². The fraction of sp³-hybridized carbons (Fsp3) is 0.0400. The molecule has 0 unspecified atom stereocenters. The van der Waals surface area contributed by atoms with Crippen LogP contribution in [0.1, 0.15) is 22.3 Å². The average molecular weight is 530 g/mol. The molecule has 4 nitrogen and oxygen atoms in total. The fourth-order valence-corrected chi connectivity index (χ4v) is 4.74. The van der Waals surface area contributed by atoms with Crippen LogP contribution < -0.4 is 0 Å². The Bertz CT molecular complexity index is 1280. The molecule has 2 aliphatic rings. The van der Waals surface area contributed by atoms with Gasteiger partial charge >= 0.3 is 0 Å². The smallest absolute Gasteiger partial charge is 0.207 e. The Balaban J connectivity index is 1.66. The van der Waals surface area contributed by atoms with Crippen molar-refractivity contribution >= 4 is 43.3 Å². The number of halogens is 2. The molecule has 31 heavy (non-hydrogen) atoms. The van der Waals surface area contributed by atoms with Crippen molar-refractivity contribution in [2.45, 2.75) is 5.66 Å². The Kier molecular flexibility index (Phi) is 4.26. The van der Waals surface area contributed by atoms with Crippen molar-refractivity contribution in [3.8, 4) is 11.4 Å². The van der Waals surface area contributed by atoms with Crippen molar-refractivity contribution in [1.82, 2.24) is 9.97 Å². The molecule has 0 bridgehead atoms. The molecule has 3 heterocycles. The van der Waals surface area contributed by atoms with E-state index < -0.39 is 5.66 Å². The first-order valence-corrected chi connectivity index (χ1v) is 11.4. The first-order valence-electron chi connectivity index (χ1n) is 9.79. The molecule has 148 valence electrons. The summed E-state index contributed by atoms with van der Waals surface area (Å²) in [5.74, 6) is 0. The highest BCUT2D eigenvalue weighted by Gasteiger charge is 2.48. The monoisotopic (exact) mass is 528 g/mol. The van der Waals surface area contributed by atoms with Crippen molar-refractivity contribution in [2.24, 2.45) is 9.98 Å². The summed E-state index contributed by atoms with van der Waals surface area (Å²) in [6, 6.07) is 24.4. The van der Waals surface area contributed by atoms with E-state index in [1.807, 2.05) is 36.4 Å². The summed E-state index contributed by atoms with van der Waals surface area (Å²) in [6.07, 6.45) is 3.59. The topological polar surface area (TPSA) is 50.5 Å². The number of benzene rings is 2. The van der Waals surface area contributed by atoms with E-state index >= 15 is 0 Å². The molecule has 2 aromatic carbocycles. The first kappa shape index (κ1) is 18.8. The largest absolute Gasteiger partial charge is 0.254 e. The van der Waals surface area contributed by atoms with Gasteiger partial charge in [0.05, 0.1) is 22.8 Å². The molecule has 0 radical (unpaired) electrons. The third kappa shape index (κ3) is 2.86. The van der Waals surface area contributed by atoms with E-state index in [4.69, 9.17) is 9.98 Å². The molecule has 1 spiro atoms. The lowest BCUT2D eigenvalue weighted by atomic mass is 10.0. The molecule has 4 aromatic rings. The van der Waals surface area contributed by atoms with Crippen LogP contribution in [0.2, 0.25) is 0 Å². The van der Waals surface area contributed by atoms with E-state index in [1.54, 1.807) is 12.4 Å². The molecule has 6 rings (SSSR count). The molecular formula is C25H14Br2N4. The summed E-state index contributed by atoms with van der Waals surface area (Å²) < 4.78 is 2.05. The van der Waals surface area contributed by atoms with Crippen LogP contribution >= 0.6 is 31.9 Å². The highest BCUT2D eigenvalue weighted by atomic mass is 79.9. The van der Waals surface area contributed by atoms with Gasteiger partial charge in [-0.3, -0.25) is 9.97 Å². The molecule has 0 saturated heterocycles. The minimum Gasteiger partial charge on any atom is -0.254 e. The minimum atomic E-state index is -0.877. The van der Waals surface area contributed by atoms with Gasteiger partial charge in [-0.15, -0.1) is 0 Å². The normalized spacial score (nSPS) is 15.4. The van der Waals surface area contributed by atoms with E-state index in [1.165, 1.54) is 0 Å². The summed E-state index contributed by atoms with van der Waals surface area (Å²) >= 11 is 7.07. The Morgan fingerprint density at radius 1 is 0.548 bits per heavy atom. The van der Waals surface area contributed by atoms with Gasteiger partial charge in [0.2, 0.25) is 5.66 Å². The molecule has 1 aliphatic heterocycles. The van der Waals surface area contributed by atoms with E-state index in [9.17, 15) is 0 Å². The van der Waals surface area contributed by atoms with Gasteiger partial charge in [-0.05, 0) is 36.4 Å². The van der Waals surface area contributed by atoms with Crippen LogP contribution in [0.3, 0.4) is 0 Å². The summed E-state index contributed by atoms with van der Waals surface area (Å²) in [5, 5.41) is 0. The van der Waals surface area contributed by atoms with Gasteiger partial charge in [0.25, 0.3) is 0 Å². The third-order valence-electron chi connectivity index (χ3n) is 5.60. The maximum absolute atomic E-state index is 5.29. The fourth-order valence-electron chi connectivity index (χ4n) is 4.21. The predicted molar refractivity (Wildman–Crippen MR) is 130 cm³/mol. The Morgan fingerprint density at radius 3 is 1.39 bits per heavy atom. The average Bonchev–Trinajstić information content (AvgIpc) is 3.33. The SMILES string of the molecule is Brc1ccc(C2=NC3(N=C2c2ccc(Br)cc2)c2cccnc2-c2ncccc23)cc1. The van der Waals surface area contributed by atoms with Gasteiger partial charge in [-0.25, -0.2) is 9.98 Å². The molecule has 6 heteroatoms. The maximum atomic E-state index is 5.29. The van der Waals surface area contributed by atoms with Crippen molar-refractivity contribution in [3.63, 3.8) is 0 Å². The maximum Gasteiger partial charge on any atom is 0.207 e. The molecule has 0 saturated carbocycles. The van der Waals surface area contributed by atoms with Crippen molar-refractivity contribution < 1.29 is 0 Å². The summed E-state index contributed by atoms with van der Waals surface area (Å²) in [6.45, 7) is 0. The van der Waals surface area contributed by atoms with Crippen LogP contribution in [0.5, 0.6) is 0 Å². The van der Waals surface area contributed by atoms with Crippen LogP contribution in [0, 0.1) is 0 Å². The van der Waals surface area contributed by atoms with Crippen molar-refractivity contribution in [3.05, 3.63) is 116 Å². The number of aliphatic imine (C=N–C) groups is 2. The zero-order valence-corrected chi connectivity index (χ0v) is 19.3. The van der Waals surface area contributed by atoms with Crippen molar-refractivity contribution in [2.75, 3.05) is 0 Å². The Morgan fingerprint density at radius 2 is 0.968 bits per heavy atom. The number of aromatic nitrogens is 2. The number of hydrogen-bond acceptors (Lipinski definition) is 4. The standard InChI is InChI=1S/C25H14Br2N4/c26-17-9-5-15(6-10-17)21-22(16-7-11-18(27)12-8-16)31-25(30-21)19-3-1-13-28-23(19)24-20(25)4-2-14-29-24/h1-14H. The van der Waals surface area contributed by atoms with Gasteiger partial charge in [0.1, 0.15) is 0 Å². The van der Waals surface area contributed by atoms with E-state index in [2.05, 4.69) is 78.2 Å². The number of fused-ring (bicyclic) bond motifs is 5. The second kappa shape index (κ2) is 7.04. The highest BCUT2D eigenvalue weighted by Crippen LogP contribution is 2.51. The van der Waals surface area contributed by atoms with Crippen LogP contribution in [-0.4, -0.2) is 21.4 Å². The van der Waals surface area contributed by atoms with Crippen LogP contribution in [0.25, 0.3) is 11.4 Å². The second-order valence-corrected chi connectivity index (χ2v) is 9.24. The number of rotatable bonds is 2. The summed E-state index contributed by atoms with van der Waals surface area (Å²) in [4.78, 5) is 19.8. The molecule has 2 aromatic heterocycles. The third-order valence-corrected chi connectivity index (χ3v) is 6.66. The van der Waals surface area contributed by atoms with E-state index in [0.29, 0.717) is 0 Å². The summed E-state index contributed by atoms with van der Waals surface area (Å²) in [7, 11) is 0. The van der Waals surface area contributed by atoms with Crippen molar-refractivity contribution in [1.29, 1.82) is 0 Å². The van der Waals surface area contributed by atoms with E-state index in [0.717, 1.165) is 54.0 Å². The zero-order chi connectivity index (χ0) is 21.0. The lowest BCUT2D eigenvalue weighted by Crippen LogP contribution is -2.18. The lowest BCUT2D eigenvalue weighted by Gasteiger charge is -2.19. The minimum absolute atomic E-state index is 0.845. The van der Waals surface area contributed by atoms with Gasteiger partial charge in [-0.1, -0.05) is 68.3 Å². The molecule has 0 amide bonds. The predicted octanol–water partition coefficient (Wildman–Crippen LogP) is 6.18. The molecule has 0 N–H and O–H groups in total. The quantitative estimate of drug-likeness (QED) is 0.311. The molecule has 1 aliphatic carbocycles. The van der Waals surface area contributed by atoms with E-state index in [-0.39, 0.29) is 0 Å². The number of hydrogen-bond donors (Lipinski definition) is 0. The second-order valence-electron chi connectivity index (χ2n) is 7.41. The lowest BCUT2D eigenvalue weighted by molar-refractivity contribution is 0.604. The van der Waals surface area contributed by atoms with Crippen LogP contribution in [0.15, 0.2) is 104 Å². The highest BCUT2D eigenvalue weighted by molar-refractivity contribution is 9.10. The number of nitrogens with zero attached hydrogens (tertiary/aromatic N) is 4. The van der Waals surface area contributed by atoms with Gasteiger partial charge in [0.15, 0.2) is 0 Å². The summed E-state index contributed by atoms with van der Waals surface area (Å²) in [5.41, 5.74) is 6.50. The van der Waals surface area contributed by atoms with Crippen LogP contribution in [0.4, 0.5) is 0 Å². The van der Waals surface area contributed by atoms with Gasteiger partial charge in [0, 0.05) is 43.6 Å². The van der Waals surface area contributed by atoms with Gasteiger partial charge in [-0.2, -0.15) is 0 Å². The first-order chi connectivity index (χ1) is 15.2. The van der Waals surface area contributed by atoms with Crippen LogP contribution in [-0.2, 0) is 5.66 Å².